The number of benzene rings is 1. The number of aliphatic carboxylic acids is 1. The molecule has 0 saturated carbocycles. The van der Waals surface area contributed by atoms with Crippen LogP contribution >= 0.6 is 35.0 Å². The first-order valence-electron chi connectivity index (χ1n) is 8.60. The number of halogens is 5. The van der Waals surface area contributed by atoms with E-state index in [9.17, 15) is 18.0 Å². The van der Waals surface area contributed by atoms with Crippen molar-refractivity contribution in [2.75, 3.05) is 0 Å². The van der Waals surface area contributed by atoms with Gasteiger partial charge in [-0.15, -0.1) is 0 Å². The maximum absolute atomic E-state index is 12.9. The van der Waals surface area contributed by atoms with Crippen LogP contribution in [0.1, 0.15) is 18.4 Å². The molecule has 3 rings (SSSR count). The highest BCUT2D eigenvalue weighted by Gasteiger charge is 2.32. The molecule has 1 N–H and O–H groups in total. The lowest BCUT2D eigenvalue weighted by molar-refractivity contribution is -0.138. The van der Waals surface area contributed by atoms with Gasteiger partial charge >= 0.3 is 12.1 Å². The number of nitrogens with zero attached hydrogens (tertiary/aromatic N) is 3. The molecular formula is C19H14Cl2F3N3O2S. The number of carboxylic acids is 1. The second kappa shape index (κ2) is 9.28. The Morgan fingerprint density at radius 2 is 1.90 bits per heavy atom. The van der Waals surface area contributed by atoms with Crippen molar-refractivity contribution >= 4 is 40.9 Å². The van der Waals surface area contributed by atoms with Crippen LogP contribution in [-0.4, -0.2) is 25.6 Å². The van der Waals surface area contributed by atoms with Crippen molar-refractivity contribution in [2.45, 2.75) is 35.7 Å². The standard InChI is InChI=1S/C19H14Cl2F3N3O2S/c20-13-9-12(19(22,23)24)10-25-17(13)30-18-26-16(21)15(11-5-2-1-3-6-11)27(18)8-4-7-14(28)29/h1-3,5-6,9-10H,4,7-8H2,(H,28,29). The fourth-order valence-electron chi connectivity index (χ4n) is 2.69. The summed E-state index contributed by atoms with van der Waals surface area (Å²) in [5, 5.41) is 9.42. The van der Waals surface area contributed by atoms with E-state index in [2.05, 4.69) is 9.97 Å². The molecule has 0 unspecified atom stereocenters. The molecule has 2 heterocycles. The van der Waals surface area contributed by atoms with E-state index in [4.69, 9.17) is 28.3 Å². The Morgan fingerprint density at radius 3 is 2.50 bits per heavy atom. The number of carbonyl (C=O) groups is 1. The van der Waals surface area contributed by atoms with Crippen LogP contribution < -0.4 is 0 Å². The van der Waals surface area contributed by atoms with Crippen molar-refractivity contribution < 1.29 is 23.1 Å². The SMILES string of the molecule is O=C(O)CCCn1c(Sc2ncc(C(F)(F)F)cc2Cl)nc(Cl)c1-c1ccccc1. The zero-order valence-electron chi connectivity index (χ0n) is 15.2. The van der Waals surface area contributed by atoms with Gasteiger partial charge in [0.2, 0.25) is 0 Å². The molecule has 3 aromatic rings. The van der Waals surface area contributed by atoms with Crippen LogP contribution in [0.2, 0.25) is 10.2 Å². The van der Waals surface area contributed by atoms with Crippen LogP contribution in [0.25, 0.3) is 11.3 Å². The van der Waals surface area contributed by atoms with Gasteiger partial charge in [-0.3, -0.25) is 4.79 Å². The topological polar surface area (TPSA) is 68.0 Å². The first kappa shape index (κ1) is 22.5. The fourth-order valence-corrected chi connectivity index (χ4v) is 4.18. The fraction of sp³-hybridized carbons (Fsp3) is 0.211. The van der Waals surface area contributed by atoms with Gasteiger partial charge in [0.05, 0.1) is 16.3 Å². The molecule has 0 bridgehead atoms. The normalized spacial score (nSPS) is 11.6. The van der Waals surface area contributed by atoms with E-state index in [-0.39, 0.29) is 28.2 Å². The van der Waals surface area contributed by atoms with Gasteiger partial charge in [0.15, 0.2) is 10.3 Å². The van der Waals surface area contributed by atoms with Crippen molar-refractivity contribution in [3.05, 3.63) is 58.3 Å². The number of hydrogen-bond donors (Lipinski definition) is 1. The smallest absolute Gasteiger partial charge is 0.417 e. The molecule has 0 aliphatic carbocycles. The number of alkyl halides is 3. The maximum atomic E-state index is 12.9. The molecule has 2 aromatic heterocycles. The zero-order valence-corrected chi connectivity index (χ0v) is 17.5. The Morgan fingerprint density at radius 1 is 1.20 bits per heavy atom. The average Bonchev–Trinajstić information content (AvgIpc) is 2.98. The third-order valence-electron chi connectivity index (χ3n) is 4.03. The molecular weight excluding hydrogens is 462 g/mol. The molecule has 0 aliphatic rings. The summed E-state index contributed by atoms with van der Waals surface area (Å²) < 4.78 is 40.3. The summed E-state index contributed by atoms with van der Waals surface area (Å²) in [6.45, 7) is 0.289. The van der Waals surface area contributed by atoms with Gasteiger partial charge in [0.1, 0.15) is 5.03 Å². The summed E-state index contributed by atoms with van der Waals surface area (Å²) in [5.74, 6) is -0.941. The summed E-state index contributed by atoms with van der Waals surface area (Å²) in [4.78, 5) is 19.0. The van der Waals surface area contributed by atoms with Crippen LogP contribution in [-0.2, 0) is 17.5 Å². The van der Waals surface area contributed by atoms with Gasteiger partial charge < -0.3 is 9.67 Å². The quantitative estimate of drug-likeness (QED) is 0.434. The second-order valence-electron chi connectivity index (χ2n) is 6.16. The highest BCUT2D eigenvalue weighted by Crippen LogP contribution is 2.39. The van der Waals surface area contributed by atoms with E-state index < -0.39 is 17.7 Å². The maximum Gasteiger partial charge on any atom is 0.417 e. The molecule has 0 atom stereocenters. The number of carboxylic acid groups (broad SMARTS) is 1. The molecule has 5 nitrogen and oxygen atoms in total. The van der Waals surface area contributed by atoms with E-state index in [1.54, 1.807) is 4.57 Å². The first-order valence-corrected chi connectivity index (χ1v) is 10.2. The van der Waals surface area contributed by atoms with Crippen molar-refractivity contribution in [1.29, 1.82) is 0 Å². The van der Waals surface area contributed by atoms with E-state index in [0.29, 0.717) is 23.5 Å². The highest BCUT2D eigenvalue weighted by atomic mass is 35.5. The molecule has 0 fully saturated rings. The van der Waals surface area contributed by atoms with Crippen molar-refractivity contribution in [3.8, 4) is 11.3 Å². The Kier molecular flexibility index (Phi) is 6.95. The van der Waals surface area contributed by atoms with Gasteiger partial charge in [-0.25, -0.2) is 9.97 Å². The first-order chi connectivity index (χ1) is 14.2. The number of pyridine rings is 1. The largest absolute Gasteiger partial charge is 0.481 e. The van der Waals surface area contributed by atoms with Crippen LogP contribution in [0.4, 0.5) is 13.2 Å². The van der Waals surface area contributed by atoms with E-state index >= 15 is 0 Å². The molecule has 158 valence electrons. The molecule has 11 heteroatoms. The summed E-state index contributed by atoms with van der Waals surface area (Å²) in [5.41, 5.74) is 0.390. The number of hydrogen-bond acceptors (Lipinski definition) is 4. The third-order valence-corrected chi connectivity index (χ3v) is 5.71. The van der Waals surface area contributed by atoms with Crippen molar-refractivity contribution in [1.82, 2.24) is 14.5 Å². The van der Waals surface area contributed by atoms with Crippen LogP contribution in [0.5, 0.6) is 0 Å². The average molecular weight is 476 g/mol. The molecule has 1 aromatic carbocycles. The highest BCUT2D eigenvalue weighted by molar-refractivity contribution is 7.99. The molecule has 0 amide bonds. The summed E-state index contributed by atoms with van der Waals surface area (Å²) in [7, 11) is 0. The van der Waals surface area contributed by atoms with Gasteiger partial charge in [0, 0.05) is 24.7 Å². The lowest BCUT2D eigenvalue weighted by atomic mass is 10.1. The lowest BCUT2D eigenvalue weighted by Crippen LogP contribution is -2.07. The molecule has 0 radical (unpaired) electrons. The van der Waals surface area contributed by atoms with Gasteiger partial charge in [0.25, 0.3) is 0 Å². The number of imidazole rings is 1. The molecule has 30 heavy (non-hydrogen) atoms. The zero-order chi connectivity index (χ0) is 21.9. The molecule has 0 saturated heterocycles. The van der Waals surface area contributed by atoms with Gasteiger partial charge in [-0.1, -0.05) is 53.5 Å². The van der Waals surface area contributed by atoms with E-state index in [1.165, 1.54) is 0 Å². The van der Waals surface area contributed by atoms with Gasteiger partial charge in [-0.05, 0) is 24.2 Å². The monoisotopic (exact) mass is 475 g/mol. The lowest BCUT2D eigenvalue weighted by Gasteiger charge is -2.12. The van der Waals surface area contributed by atoms with E-state index in [1.807, 2.05) is 30.3 Å². The number of rotatable bonds is 7. The number of aromatic nitrogens is 3. The van der Waals surface area contributed by atoms with Crippen LogP contribution in [0.3, 0.4) is 0 Å². The molecule has 0 spiro atoms. The minimum atomic E-state index is -4.56. The Balaban J connectivity index is 1.99. The second-order valence-corrected chi connectivity index (χ2v) is 7.88. The summed E-state index contributed by atoms with van der Waals surface area (Å²) >= 11 is 13.3. The van der Waals surface area contributed by atoms with Crippen molar-refractivity contribution in [2.24, 2.45) is 0 Å². The minimum absolute atomic E-state index is 0.0621. The van der Waals surface area contributed by atoms with Gasteiger partial charge in [-0.2, -0.15) is 13.2 Å². The third kappa shape index (κ3) is 5.27. The van der Waals surface area contributed by atoms with Crippen molar-refractivity contribution in [3.63, 3.8) is 0 Å². The Bertz CT molecular complexity index is 1060. The van der Waals surface area contributed by atoms with Crippen LogP contribution in [0.15, 0.2) is 52.8 Å². The molecule has 0 aliphatic heterocycles. The minimum Gasteiger partial charge on any atom is -0.481 e. The summed E-state index contributed by atoms with van der Waals surface area (Å²) in [6.07, 6.45) is -3.61. The van der Waals surface area contributed by atoms with E-state index in [0.717, 1.165) is 23.4 Å². The Labute approximate surface area is 183 Å². The Hall–Kier alpha value is -2.23. The predicted octanol–water partition coefficient (Wildman–Crippen LogP) is 6.29. The summed E-state index contributed by atoms with van der Waals surface area (Å²) in [6, 6.07) is 9.93. The predicted molar refractivity (Wildman–Crippen MR) is 108 cm³/mol. The van der Waals surface area contributed by atoms with Crippen LogP contribution in [0, 0.1) is 0 Å².